The van der Waals surface area contributed by atoms with E-state index in [9.17, 15) is 4.79 Å². The van der Waals surface area contributed by atoms with Crippen molar-refractivity contribution < 1.29 is 9.32 Å². The Morgan fingerprint density at radius 3 is 3.00 bits per heavy atom. The lowest BCUT2D eigenvalue weighted by Gasteiger charge is -2.20. The fraction of sp³-hybridized carbons (Fsp3) is 0.625. The van der Waals surface area contributed by atoms with Gasteiger partial charge in [-0.25, -0.2) is 0 Å². The summed E-state index contributed by atoms with van der Waals surface area (Å²) in [5.74, 6) is 1.67. The summed E-state index contributed by atoms with van der Waals surface area (Å²) >= 11 is 0. The van der Waals surface area contributed by atoms with Gasteiger partial charge in [0.15, 0.2) is 5.82 Å². The van der Waals surface area contributed by atoms with Crippen molar-refractivity contribution in [3.8, 4) is 0 Å². The van der Waals surface area contributed by atoms with E-state index in [0.29, 0.717) is 17.6 Å². The predicted molar refractivity (Wildman–Crippen MR) is 40.7 cm³/mol. The molecule has 1 aliphatic rings. The highest BCUT2D eigenvalue weighted by Gasteiger charge is 2.25. The average Bonchev–Trinajstić information content (AvgIpc) is 2.34. The van der Waals surface area contributed by atoms with Crippen LogP contribution in [0, 0.1) is 0 Å². The van der Waals surface area contributed by atoms with Crippen LogP contribution >= 0.6 is 0 Å². The molecule has 0 atom stereocenters. The molecule has 1 aliphatic carbocycles. The standard InChI is InChI=1S/C8H10N2O2/c11-5-4-7-9-8(12-10-7)6-2-1-3-6/h5-6H,1-4H2. The molecule has 4 heteroatoms. The largest absolute Gasteiger partial charge is 0.339 e. The highest BCUT2D eigenvalue weighted by Crippen LogP contribution is 2.34. The van der Waals surface area contributed by atoms with E-state index in [1.54, 1.807) is 0 Å². The Morgan fingerprint density at radius 2 is 2.42 bits per heavy atom. The van der Waals surface area contributed by atoms with Crippen molar-refractivity contribution in [3.05, 3.63) is 11.7 Å². The highest BCUT2D eigenvalue weighted by molar-refractivity contribution is 5.52. The fourth-order valence-corrected chi connectivity index (χ4v) is 1.25. The van der Waals surface area contributed by atoms with Gasteiger partial charge in [-0.15, -0.1) is 0 Å². The molecular formula is C8H10N2O2. The summed E-state index contributed by atoms with van der Waals surface area (Å²) in [5, 5.41) is 3.69. The van der Waals surface area contributed by atoms with E-state index in [0.717, 1.165) is 19.1 Å². The molecular weight excluding hydrogens is 156 g/mol. The third kappa shape index (κ3) is 1.24. The number of carbonyl (C=O) groups excluding carboxylic acids is 1. The lowest BCUT2D eigenvalue weighted by Crippen LogP contribution is -2.08. The van der Waals surface area contributed by atoms with E-state index >= 15 is 0 Å². The van der Waals surface area contributed by atoms with Crippen LogP contribution in [0.1, 0.15) is 36.9 Å². The van der Waals surface area contributed by atoms with Crippen molar-refractivity contribution in [2.75, 3.05) is 0 Å². The molecule has 1 saturated carbocycles. The molecule has 0 spiro atoms. The monoisotopic (exact) mass is 166 g/mol. The molecule has 0 unspecified atom stereocenters. The van der Waals surface area contributed by atoms with E-state index in [1.165, 1.54) is 6.42 Å². The number of hydrogen-bond donors (Lipinski definition) is 0. The van der Waals surface area contributed by atoms with Crippen LogP contribution < -0.4 is 0 Å². The van der Waals surface area contributed by atoms with Gasteiger partial charge in [-0.3, -0.25) is 0 Å². The smallest absolute Gasteiger partial charge is 0.229 e. The van der Waals surface area contributed by atoms with E-state index in [4.69, 9.17) is 4.52 Å². The molecule has 0 radical (unpaired) electrons. The first kappa shape index (κ1) is 7.46. The second-order valence-electron chi connectivity index (χ2n) is 3.05. The van der Waals surface area contributed by atoms with Gasteiger partial charge in [0, 0.05) is 5.92 Å². The molecule has 2 rings (SSSR count). The van der Waals surface area contributed by atoms with Crippen LogP contribution in [0.15, 0.2) is 4.52 Å². The Hall–Kier alpha value is -1.19. The molecule has 1 aromatic rings. The molecule has 0 saturated heterocycles. The first-order chi connectivity index (χ1) is 5.90. The van der Waals surface area contributed by atoms with Crippen molar-refractivity contribution in [2.45, 2.75) is 31.6 Å². The third-order valence-corrected chi connectivity index (χ3v) is 2.20. The molecule has 0 bridgehead atoms. The zero-order chi connectivity index (χ0) is 8.39. The van der Waals surface area contributed by atoms with Crippen molar-refractivity contribution in [2.24, 2.45) is 0 Å². The van der Waals surface area contributed by atoms with Crippen LogP contribution in [0.5, 0.6) is 0 Å². The van der Waals surface area contributed by atoms with Gasteiger partial charge in [0.25, 0.3) is 0 Å². The van der Waals surface area contributed by atoms with Crippen LogP contribution in [0.2, 0.25) is 0 Å². The molecule has 4 nitrogen and oxygen atoms in total. The van der Waals surface area contributed by atoms with Gasteiger partial charge >= 0.3 is 0 Å². The predicted octanol–water partition coefficient (Wildman–Crippen LogP) is 1.08. The lowest BCUT2D eigenvalue weighted by atomic mass is 9.85. The van der Waals surface area contributed by atoms with Gasteiger partial charge in [-0.05, 0) is 12.8 Å². The van der Waals surface area contributed by atoms with Gasteiger partial charge in [0.1, 0.15) is 6.29 Å². The number of hydrogen-bond acceptors (Lipinski definition) is 4. The lowest BCUT2D eigenvalue weighted by molar-refractivity contribution is -0.107. The molecule has 1 fully saturated rings. The summed E-state index contributed by atoms with van der Waals surface area (Å²) in [7, 11) is 0. The summed E-state index contributed by atoms with van der Waals surface area (Å²) in [5.41, 5.74) is 0. The van der Waals surface area contributed by atoms with Crippen molar-refractivity contribution >= 4 is 6.29 Å². The first-order valence-electron chi connectivity index (χ1n) is 4.16. The first-order valence-corrected chi connectivity index (χ1v) is 4.16. The summed E-state index contributed by atoms with van der Waals surface area (Å²) in [6.07, 6.45) is 4.58. The minimum absolute atomic E-state index is 0.260. The maximum Gasteiger partial charge on any atom is 0.229 e. The van der Waals surface area contributed by atoms with Gasteiger partial charge in [0.05, 0.1) is 6.42 Å². The van der Waals surface area contributed by atoms with Crippen LogP contribution in [0.25, 0.3) is 0 Å². The minimum atomic E-state index is 0.260. The maximum atomic E-state index is 10.1. The van der Waals surface area contributed by atoms with Gasteiger partial charge < -0.3 is 9.32 Å². The number of aldehydes is 1. The normalized spacial score (nSPS) is 17.3. The summed E-state index contributed by atoms with van der Waals surface area (Å²) < 4.78 is 5.00. The van der Waals surface area contributed by atoms with Crippen molar-refractivity contribution in [1.82, 2.24) is 10.1 Å². The van der Waals surface area contributed by atoms with E-state index in [1.807, 2.05) is 0 Å². The fourth-order valence-electron chi connectivity index (χ4n) is 1.25. The third-order valence-electron chi connectivity index (χ3n) is 2.20. The number of aromatic nitrogens is 2. The quantitative estimate of drug-likeness (QED) is 0.630. The van der Waals surface area contributed by atoms with Gasteiger partial charge in [-0.1, -0.05) is 11.6 Å². The van der Waals surface area contributed by atoms with Gasteiger partial charge in [0.2, 0.25) is 5.89 Å². The molecule has 0 amide bonds. The molecule has 1 heterocycles. The number of carbonyl (C=O) groups is 1. The van der Waals surface area contributed by atoms with Crippen molar-refractivity contribution in [1.29, 1.82) is 0 Å². The topological polar surface area (TPSA) is 56.0 Å². The second kappa shape index (κ2) is 3.05. The molecule has 12 heavy (non-hydrogen) atoms. The van der Waals surface area contributed by atoms with E-state index in [2.05, 4.69) is 10.1 Å². The summed E-state index contributed by atoms with van der Waals surface area (Å²) in [4.78, 5) is 14.2. The SMILES string of the molecule is O=CCc1noc(C2CCC2)n1. The molecule has 1 aromatic heterocycles. The second-order valence-corrected chi connectivity index (χ2v) is 3.05. The summed E-state index contributed by atoms with van der Waals surface area (Å²) in [6, 6.07) is 0. The zero-order valence-corrected chi connectivity index (χ0v) is 6.69. The van der Waals surface area contributed by atoms with Crippen LogP contribution in [0.3, 0.4) is 0 Å². The Morgan fingerprint density at radius 1 is 1.58 bits per heavy atom. The molecule has 64 valence electrons. The Kier molecular flexibility index (Phi) is 1.89. The average molecular weight is 166 g/mol. The van der Waals surface area contributed by atoms with Crippen LogP contribution in [0.4, 0.5) is 0 Å². The number of nitrogens with zero attached hydrogens (tertiary/aromatic N) is 2. The maximum absolute atomic E-state index is 10.1. The molecule has 0 aliphatic heterocycles. The highest BCUT2D eigenvalue weighted by atomic mass is 16.5. The Balaban J connectivity index is 2.07. The van der Waals surface area contributed by atoms with E-state index < -0.39 is 0 Å². The van der Waals surface area contributed by atoms with Crippen molar-refractivity contribution in [3.63, 3.8) is 0 Å². The zero-order valence-electron chi connectivity index (χ0n) is 6.69. The Labute approximate surface area is 70.0 Å². The molecule has 0 N–H and O–H groups in total. The van der Waals surface area contributed by atoms with Gasteiger partial charge in [-0.2, -0.15) is 4.98 Å². The molecule has 0 aromatic carbocycles. The minimum Gasteiger partial charge on any atom is -0.339 e. The van der Waals surface area contributed by atoms with Crippen LogP contribution in [-0.2, 0) is 11.2 Å². The Bertz CT molecular complexity index is 278. The summed E-state index contributed by atoms with van der Waals surface area (Å²) in [6.45, 7) is 0. The van der Waals surface area contributed by atoms with Crippen LogP contribution in [-0.4, -0.2) is 16.4 Å². The number of rotatable bonds is 3. The van der Waals surface area contributed by atoms with E-state index in [-0.39, 0.29) is 6.42 Å².